The largest absolute Gasteiger partial charge is 0.349 e. The smallest absolute Gasteiger partial charge is 0.333 e. The van der Waals surface area contributed by atoms with E-state index in [1.807, 2.05) is 66.1 Å². The van der Waals surface area contributed by atoms with Crippen molar-refractivity contribution in [2.24, 2.45) is 5.92 Å². The van der Waals surface area contributed by atoms with E-state index in [-0.39, 0.29) is 17.6 Å². The van der Waals surface area contributed by atoms with E-state index in [4.69, 9.17) is 11.6 Å². The summed E-state index contributed by atoms with van der Waals surface area (Å²) in [6.45, 7) is 2.61. The zero-order valence-corrected chi connectivity index (χ0v) is 21.7. The summed E-state index contributed by atoms with van der Waals surface area (Å²) in [5, 5.41) is 3.87. The van der Waals surface area contributed by atoms with Crippen molar-refractivity contribution in [1.82, 2.24) is 19.4 Å². The molecule has 190 valence electrons. The van der Waals surface area contributed by atoms with Crippen LogP contribution in [0.2, 0.25) is 5.02 Å². The number of para-hydroxylation sites is 2. The molecule has 4 aromatic rings. The minimum Gasteiger partial charge on any atom is -0.349 e. The number of hydrogen-bond acceptors (Lipinski definition) is 3. The summed E-state index contributed by atoms with van der Waals surface area (Å²) in [6, 6.07) is 17.7. The molecular formula is C30H31ClN4O2. The van der Waals surface area contributed by atoms with Crippen molar-refractivity contribution in [3.8, 4) is 5.69 Å². The first-order chi connectivity index (χ1) is 18.0. The summed E-state index contributed by atoms with van der Waals surface area (Å²) in [6.07, 6.45) is 7.79. The first-order valence-electron chi connectivity index (χ1n) is 13.2. The average Bonchev–Trinajstić information content (AvgIpc) is 3.71. The van der Waals surface area contributed by atoms with Crippen LogP contribution in [0.15, 0.2) is 65.6 Å². The maximum Gasteiger partial charge on any atom is 0.333 e. The van der Waals surface area contributed by atoms with Crippen LogP contribution >= 0.6 is 11.6 Å². The Balaban J connectivity index is 1.16. The summed E-state index contributed by atoms with van der Waals surface area (Å²) in [5.41, 5.74) is 5.35. The van der Waals surface area contributed by atoms with Crippen molar-refractivity contribution in [3.63, 3.8) is 0 Å². The Morgan fingerprint density at radius 2 is 1.76 bits per heavy atom. The molecule has 1 amide bonds. The van der Waals surface area contributed by atoms with Gasteiger partial charge in [-0.25, -0.2) is 4.79 Å². The van der Waals surface area contributed by atoms with Crippen molar-refractivity contribution in [1.29, 1.82) is 0 Å². The van der Waals surface area contributed by atoms with Crippen LogP contribution in [-0.4, -0.2) is 26.1 Å². The van der Waals surface area contributed by atoms with Crippen molar-refractivity contribution in [2.75, 3.05) is 0 Å². The Labute approximate surface area is 221 Å². The molecule has 2 aliphatic carbocycles. The van der Waals surface area contributed by atoms with Crippen molar-refractivity contribution in [2.45, 2.75) is 64.0 Å². The molecule has 2 aromatic carbocycles. The second-order valence-corrected chi connectivity index (χ2v) is 11.0. The number of hydrogen-bond donors (Lipinski definition) is 1. The van der Waals surface area contributed by atoms with Gasteiger partial charge in [0.15, 0.2) is 0 Å². The van der Waals surface area contributed by atoms with Gasteiger partial charge in [-0.2, -0.15) is 0 Å². The second kappa shape index (κ2) is 9.82. The number of nitrogens with one attached hydrogen (secondary N) is 1. The highest BCUT2D eigenvalue weighted by molar-refractivity contribution is 6.31. The van der Waals surface area contributed by atoms with Gasteiger partial charge in [0.2, 0.25) is 0 Å². The zero-order valence-electron chi connectivity index (χ0n) is 21.0. The molecule has 37 heavy (non-hydrogen) atoms. The number of amides is 1. The highest BCUT2D eigenvalue weighted by atomic mass is 35.5. The maximum absolute atomic E-state index is 13.6. The molecule has 2 heterocycles. The number of pyridine rings is 1. The first-order valence-corrected chi connectivity index (χ1v) is 13.6. The molecule has 2 aliphatic rings. The van der Waals surface area contributed by atoms with E-state index in [2.05, 4.69) is 10.3 Å². The summed E-state index contributed by atoms with van der Waals surface area (Å²) in [7, 11) is 0. The number of rotatable bonds is 6. The Morgan fingerprint density at radius 1 is 1.00 bits per heavy atom. The summed E-state index contributed by atoms with van der Waals surface area (Å²) >= 11 is 6.21. The standard InChI is InChI=1S/C30H31ClN4O2/c1-19-6-14-24(17-32-19)35-28-5-3-2-4-27(28)34(30(35)37)18-20-7-12-23(13-8-20)33-29(36)26-16-22(31)11-15-25(26)21-9-10-21/h2-6,11,14-17,20-21,23H,7-10,12-13,18H2,1H3,(H,33,36). The van der Waals surface area contributed by atoms with E-state index in [0.717, 1.165) is 72.1 Å². The van der Waals surface area contributed by atoms with Gasteiger partial charge >= 0.3 is 5.69 Å². The van der Waals surface area contributed by atoms with Crippen LogP contribution in [-0.2, 0) is 6.54 Å². The number of aryl methyl sites for hydroxylation is 1. The molecule has 2 aromatic heterocycles. The number of imidazole rings is 1. The van der Waals surface area contributed by atoms with E-state index in [9.17, 15) is 9.59 Å². The van der Waals surface area contributed by atoms with E-state index in [0.29, 0.717) is 23.4 Å². The number of carbonyl (C=O) groups is 1. The van der Waals surface area contributed by atoms with Gasteiger partial charge in [0.25, 0.3) is 5.91 Å². The lowest BCUT2D eigenvalue weighted by Crippen LogP contribution is -2.39. The molecular weight excluding hydrogens is 484 g/mol. The summed E-state index contributed by atoms with van der Waals surface area (Å²) in [5.74, 6) is 0.859. The fourth-order valence-corrected chi connectivity index (χ4v) is 5.88. The van der Waals surface area contributed by atoms with Gasteiger partial charge < -0.3 is 5.32 Å². The normalized spacial score (nSPS) is 19.7. The molecule has 2 saturated carbocycles. The zero-order chi connectivity index (χ0) is 25.5. The predicted molar refractivity (Wildman–Crippen MR) is 147 cm³/mol. The summed E-state index contributed by atoms with van der Waals surface area (Å²) in [4.78, 5) is 31.1. The molecule has 0 radical (unpaired) electrons. The molecule has 0 aliphatic heterocycles. The molecule has 2 fully saturated rings. The molecule has 6 nitrogen and oxygen atoms in total. The lowest BCUT2D eigenvalue weighted by molar-refractivity contribution is 0.0919. The number of aromatic nitrogens is 3. The Kier molecular flexibility index (Phi) is 6.37. The average molecular weight is 515 g/mol. The third-order valence-corrected chi connectivity index (χ3v) is 8.12. The van der Waals surface area contributed by atoms with Crippen LogP contribution in [0.5, 0.6) is 0 Å². The highest BCUT2D eigenvalue weighted by Gasteiger charge is 2.30. The fourth-order valence-electron chi connectivity index (χ4n) is 5.71. The van der Waals surface area contributed by atoms with Gasteiger partial charge in [0, 0.05) is 28.9 Å². The minimum absolute atomic E-state index is 0.0150. The van der Waals surface area contributed by atoms with Crippen LogP contribution in [0.25, 0.3) is 16.7 Å². The Hall–Kier alpha value is -3.38. The molecule has 7 heteroatoms. The second-order valence-electron chi connectivity index (χ2n) is 10.6. The third-order valence-electron chi connectivity index (χ3n) is 7.89. The minimum atomic E-state index is -0.0316. The highest BCUT2D eigenvalue weighted by Crippen LogP contribution is 2.42. The Bertz CT molecular complexity index is 1510. The lowest BCUT2D eigenvalue weighted by Gasteiger charge is -2.29. The van der Waals surface area contributed by atoms with Crippen LogP contribution in [0.3, 0.4) is 0 Å². The number of fused-ring (bicyclic) bond motifs is 1. The quantitative estimate of drug-likeness (QED) is 0.342. The topological polar surface area (TPSA) is 68.9 Å². The monoisotopic (exact) mass is 514 g/mol. The van der Waals surface area contributed by atoms with Gasteiger partial charge in [-0.3, -0.25) is 18.9 Å². The lowest BCUT2D eigenvalue weighted by atomic mass is 9.85. The van der Waals surface area contributed by atoms with Crippen LogP contribution in [0.1, 0.15) is 66.1 Å². The summed E-state index contributed by atoms with van der Waals surface area (Å²) < 4.78 is 3.67. The molecule has 1 N–H and O–H groups in total. The number of benzene rings is 2. The molecule has 0 unspecified atom stereocenters. The van der Waals surface area contributed by atoms with Crippen molar-refractivity contribution in [3.05, 3.63) is 93.1 Å². The number of halogens is 1. The van der Waals surface area contributed by atoms with Crippen molar-refractivity contribution < 1.29 is 4.79 Å². The van der Waals surface area contributed by atoms with Gasteiger partial charge in [-0.1, -0.05) is 29.8 Å². The van der Waals surface area contributed by atoms with E-state index in [1.54, 1.807) is 10.8 Å². The van der Waals surface area contributed by atoms with Gasteiger partial charge in [-0.15, -0.1) is 0 Å². The van der Waals surface area contributed by atoms with Crippen LogP contribution < -0.4 is 11.0 Å². The Morgan fingerprint density at radius 3 is 2.46 bits per heavy atom. The van der Waals surface area contributed by atoms with Gasteiger partial charge in [-0.05, 0) is 99.2 Å². The third kappa shape index (κ3) is 4.82. The van der Waals surface area contributed by atoms with E-state index in [1.165, 1.54) is 0 Å². The molecule has 0 saturated heterocycles. The number of carbonyl (C=O) groups excluding carboxylic acids is 1. The molecule has 6 rings (SSSR count). The first kappa shape index (κ1) is 24.0. The van der Waals surface area contributed by atoms with Gasteiger partial charge in [0.1, 0.15) is 0 Å². The van der Waals surface area contributed by atoms with Crippen LogP contribution in [0, 0.1) is 12.8 Å². The number of nitrogens with zero attached hydrogens (tertiary/aromatic N) is 3. The SMILES string of the molecule is Cc1ccc(-n2c(=O)n(CC3CCC(NC(=O)c4cc(Cl)ccc4C4CC4)CC3)c3ccccc32)cn1. The molecule has 0 atom stereocenters. The van der Waals surface area contributed by atoms with Gasteiger partial charge in [0.05, 0.1) is 22.9 Å². The molecule has 0 spiro atoms. The fraction of sp³-hybridized carbons (Fsp3) is 0.367. The van der Waals surface area contributed by atoms with E-state index < -0.39 is 0 Å². The molecule has 0 bridgehead atoms. The predicted octanol–water partition coefficient (Wildman–Crippen LogP) is 6.02. The maximum atomic E-state index is 13.6. The van der Waals surface area contributed by atoms with Crippen molar-refractivity contribution >= 4 is 28.5 Å². The van der Waals surface area contributed by atoms with Crippen LogP contribution in [0.4, 0.5) is 0 Å². The van der Waals surface area contributed by atoms with E-state index >= 15 is 0 Å².